The number of anilines is 1. The second kappa shape index (κ2) is 6.23. The lowest BCUT2D eigenvalue weighted by atomic mass is 10.2. The minimum absolute atomic E-state index is 0.0262. The Morgan fingerprint density at radius 3 is 2.76 bits per heavy atom. The summed E-state index contributed by atoms with van der Waals surface area (Å²) in [5.41, 5.74) is 0.363. The Kier molecular flexibility index (Phi) is 4.39. The third-order valence-electron chi connectivity index (χ3n) is 2.67. The molecular weight excluding hydrogens is 298 g/mol. The van der Waals surface area contributed by atoms with Crippen LogP contribution in [0, 0.1) is 0 Å². The molecular formula is C12H12ClN5O3. The van der Waals surface area contributed by atoms with Gasteiger partial charge in [0.05, 0.1) is 17.1 Å². The highest BCUT2D eigenvalue weighted by Crippen LogP contribution is 2.20. The van der Waals surface area contributed by atoms with Crippen LogP contribution in [-0.2, 0) is 13.6 Å². The first-order valence-electron chi connectivity index (χ1n) is 5.88. The number of halogens is 1. The Morgan fingerprint density at radius 2 is 2.19 bits per heavy atom. The minimum Gasteiger partial charge on any atom is -0.478 e. The number of benzene rings is 1. The Hall–Kier alpha value is -2.61. The molecule has 2 amide bonds. The van der Waals surface area contributed by atoms with Gasteiger partial charge in [-0.25, -0.2) is 9.59 Å². The molecule has 0 saturated carbocycles. The van der Waals surface area contributed by atoms with Crippen molar-refractivity contribution in [1.29, 1.82) is 0 Å². The first kappa shape index (κ1) is 14.8. The van der Waals surface area contributed by atoms with E-state index in [0.29, 0.717) is 11.5 Å². The van der Waals surface area contributed by atoms with Gasteiger partial charge in [-0.1, -0.05) is 11.6 Å². The number of hydrogen-bond acceptors (Lipinski definition) is 4. The highest BCUT2D eigenvalue weighted by Gasteiger charge is 2.10. The number of aryl methyl sites for hydroxylation is 1. The normalized spacial score (nSPS) is 10.2. The van der Waals surface area contributed by atoms with Gasteiger partial charge in [0, 0.05) is 12.7 Å². The SMILES string of the molecule is Cn1cnnc1CNC(=O)Nc1ccc(C(=O)O)c(Cl)c1. The van der Waals surface area contributed by atoms with Gasteiger partial charge in [-0.15, -0.1) is 10.2 Å². The number of carboxylic acids is 1. The highest BCUT2D eigenvalue weighted by atomic mass is 35.5. The van der Waals surface area contributed by atoms with E-state index < -0.39 is 12.0 Å². The van der Waals surface area contributed by atoms with E-state index in [-0.39, 0.29) is 17.1 Å². The van der Waals surface area contributed by atoms with E-state index in [2.05, 4.69) is 20.8 Å². The maximum absolute atomic E-state index is 11.7. The number of nitrogens with one attached hydrogen (secondary N) is 2. The van der Waals surface area contributed by atoms with E-state index in [1.807, 2.05) is 0 Å². The third-order valence-corrected chi connectivity index (χ3v) is 2.98. The molecule has 0 unspecified atom stereocenters. The molecule has 110 valence electrons. The average Bonchev–Trinajstić information content (AvgIpc) is 2.81. The number of hydrogen-bond donors (Lipinski definition) is 3. The average molecular weight is 310 g/mol. The number of aromatic nitrogens is 3. The molecule has 0 bridgehead atoms. The molecule has 0 fully saturated rings. The number of amides is 2. The predicted octanol–water partition coefficient (Wildman–Crippen LogP) is 1.49. The summed E-state index contributed by atoms with van der Waals surface area (Å²) < 4.78 is 1.68. The summed E-state index contributed by atoms with van der Waals surface area (Å²) in [5.74, 6) is -0.525. The Labute approximate surface area is 124 Å². The molecule has 3 N–H and O–H groups in total. The van der Waals surface area contributed by atoms with Crippen LogP contribution in [0.15, 0.2) is 24.5 Å². The fourth-order valence-corrected chi connectivity index (χ4v) is 1.83. The zero-order valence-electron chi connectivity index (χ0n) is 11.0. The quantitative estimate of drug-likeness (QED) is 0.792. The molecule has 0 atom stereocenters. The molecule has 0 aliphatic rings. The molecule has 2 aromatic rings. The largest absolute Gasteiger partial charge is 0.478 e. The van der Waals surface area contributed by atoms with E-state index in [9.17, 15) is 9.59 Å². The zero-order valence-corrected chi connectivity index (χ0v) is 11.8. The minimum atomic E-state index is -1.13. The molecule has 1 heterocycles. The number of aromatic carboxylic acids is 1. The lowest BCUT2D eigenvalue weighted by molar-refractivity contribution is 0.0697. The van der Waals surface area contributed by atoms with Crippen molar-refractivity contribution < 1.29 is 14.7 Å². The molecule has 9 heteroatoms. The molecule has 0 aliphatic carbocycles. The number of carbonyl (C=O) groups excluding carboxylic acids is 1. The molecule has 2 rings (SSSR count). The van der Waals surface area contributed by atoms with Crippen LogP contribution < -0.4 is 10.6 Å². The molecule has 0 aliphatic heterocycles. The van der Waals surface area contributed by atoms with Crippen LogP contribution in [0.3, 0.4) is 0 Å². The highest BCUT2D eigenvalue weighted by molar-refractivity contribution is 6.33. The molecule has 21 heavy (non-hydrogen) atoms. The Balaban J connectivity index is 1.95. The maximum atomic E-state index is 11.7. The second-order valence-electron chi connectivity index (χ2n) is 4.17. The first-order chi connectivity index (χ1) is 9.97. The standard InChI is InChI=1S/C12H12ClN5O3/c1-18-6-15-17-10(18)5-14-12(21)16-7-2-3-8(11(19)20)9(13)4-7/h2-4,6H,5H2,1H3,(H,19,20)(H2,14,16,21). The van der Waals surface area contributed by atoms with Gasteiger partial charge in [0.15, 0.2) is 5.82 Å². The molecule has 0 spiro atoms. The van der Waals surface area contributed by atoms with Crippen LogP contribution in [0.4, 0.5) is 10.5 Å². The van der Waals surface area contributed by atoms with Crippen molar-refractivity contribution in [2.45, 2.75) is 6.54 Å². The molecule has 8 nitrogen and oxygen atoms in total. The van der Waals surface area contributed by atoms with Gasteiger partial charge in [0.1, 0.15) is 6.33 Å². The zero-order chi connectivity index (χ0) is 15.4. The lowest BCUT2D eigenvalue weighted by Crippen LogP contribution is -2.29. The van der Waals surface area contributed by atoms with Crippen molar-refractivity contribution >= 4 is 29.3 Å². The molecule has 1 aromatic heterocycles. The summed E-state index contributed by atoms with van der Waals surface area (Å²) >= 11 is 5.81. The molecule has 0 radical (unpaired) electrons. The van der Waals surface area contributed by atoms with E-state index in [1.54, 1.807) is 11.6 Å². The maximum Gasteiger partial charge on any atom is 0.337 e. The third kappa shape index (κ3) is 3.69. The van der Waals surface area contributed by atoms with Crippen molar-refractivity contribution in [1.82, 2.24) is 20.1 Å². The van der Waals surface area contributed by atoms with E-state index in [0.717, 1.165) is 0 Å². The number of carboxylic acid groups (broad SMARTS) is 1. The smallest absolute Gasteiger partial charge is 0.337 e. The fourth-order valence-electron chi connectivity index (χ4n) is 1.57. The van der Waals surface area contributed by atoms with Gasteiger partial charge in [-0.05, 0) is 18.2 Å². The first-order valence-corrected chi connectivity index (χ1v) is 6.25. The van der Waals surface area contributed by atoms with Crippen molar-refractivity contribution in [3.63, 3.8) is 0 Å². The van der Waals surface area contributed by atoms with Crippen molar-refractivity contribution in [2.24, 2.45) is 7.05 Å². The van der Waals surface area contributed by atoms with Gasteiger partial charge in [0.25, 0.3) is 0 Å². The van der Waals surface area contributed by atoms with Crippen LogP contribution in [0.1, 0.15) is 16.2 Å². The van der Waals surface area contributed by atoms with E-state index >= 15 is 0 Å². The van der Waals surface area contributed by atoms with Crippen LogP contribution in [0.5, 0.6) is 0 Å². The number of nitrogens with zero attached hydrogens (tertiary/aromatic N) is 3. The summed E-state index contributed by atoms with van der Waals surface area (Å²) in [6.07, 6.45) is 1.53. The fraction of sp³-hybridized carbons (Fsp3) is 0.167. The summed E-state index contributed by atoms with van der Waals surface area (Å²) in [6, 6.07) is 3.68. The molecule has 1 aromatic carbocycles. The van der Waals surface area contributed by atoms with Crippen LogP contribution in [-0.4, -0.2) is 31.9 Å². The summed E-state index contributed by atoms with van der Waals surface area (Å²) in [6.45, 7) is 0.212. The van der Waals surface area contributed by atoms with Gasteiger partial charge in [-0.2, -0.15) is 0 Å². The van der Waals surface area contributed by atoms with Gasteiger partial charge < -0.3 is 20.3 Å². The van der Waals surface area contributed by atoms with Gasteiger partial charge in [-0.3, -0.25) is 0 Å². The van der Waals surface area contributed by atoms with E-state index in [4.69, 9.17) is 16.7 Å². The van der Waals surface area contributed by atoms with Crippen molar-refractivity contribution in [2.75, 3.05) is 5.32 Å². The van der Waals surface area contributed by atoms with Crippen LogP contribution in [0.25, 0.3) is 0 Å². The Bertz CT molecular complexity index is 685. The summed E-state index contributed by atoms with van der Waals surface area (Å²) in [4.78, 5) is 22.5. The van der Waals surface area contributed by atoms with E-state index in [1.165, 1.54) is 24.5 Å². The number of carbonyl (C=O) groups is 2. The summed E-state index contributed by atoms with van der Waals surface area (Å²) in [7, 11) is 1.76. The lowest BCUT2D eigenvalue weighted by Gasteiger charge is -2.08. The Morgan fingerprint density at radius 1 is 1.43 bits per heavy atom. The van der Waals surface area contributed by atoms with Crippen molar-refractivity contribution in [3.05, 3.63) is 40.9 Å². The molecule has 0 saturated heterocycles. The van der Waals surface area contributed by atoms with Crippen LogP contribution >= 0.6 is 11.6 Å². The second-order valence-corrected chi connectivity index (χ2v) is 4.57. The summed E-state index contributed by atoms with van der Waals surface area (Å²) in [5, 5.41) is 21.6. The van der Waals surface area contributed by atoms with Crippen molar-refractivity contribution in [3.8, 4) is 0 Å². The topological polar surface area (TPSA) is 109 Å². The monoisotopic (exact) mass is 309 g/mol. The number of rotatable bonds is 4. The predicted molar refractivity (Wildman–Crippen MR) is 75.3 cm³/mol. The van der Waals surface area contributed by atoms with Crippen LogP contribution in [0.2, 0.25) is 5.02 Å². The number of urea groups is 1. The van der Waals surface area contributed by atoms with Gasteiger partial charge >= 0.3 is 12.0 Å². The van der Waals surface area contributed by atoms with Gasteiger partial charge in [0.2, 0.25) is 0 Å².